The van der Waals surface area contributed by atoms with Crippen molar-refractivity contribution in [2.24, 2.45) is 5.92 Å². The van der Waals surface area contributed by atoms with E-state index in [4.69, 9.17) is 4.98 Å². The number of nitrogens with one attached hydrogen (secondary N) is 1. The summed E-state index contributed by atoms with van der Waals surface area (Å²) in [6.45, 7) is 2.67. The summed E-state index contributed by atoms with van der Waals surface area (Å²) < 4.78 is 0. The molecule has 1 aromatic heterocycles. The van der Waals surface area contributed by atoms with Crippen molar-refractivity contribution in [3.63, 3.8) is 0 Å². The van der Waals surface area contributed by atoms with Crippen LogP contribution in [0.15, 0.2) is 42.5 Å². The summed E-state index contributed by atoms with van der Waals surface area (Å²) in [4.78, 5) is 24.9. The average molecular weight is 455 g/mol. The Labute approximate surface area is 202 Å². The fraction of sp³-hybridized carbons (Fsp3) is 0.483. The van der Waals surface area contributed by atoms with Gasteiger partial charge in [-0.15, -0.1) is 0 Å². The number of carbonyl (C=O) groups excluding carboxylic acids is 1. The van der Waals surface area contributed by atoms with Gasteiger partial charge in [0.25, 0.3) is 0 Å². The van der Waals surface area contributed by atoms with E-state index in [0.29, 0.717) is 18.0 Å². The highest BCUT2D eigenvalue weighted by atomic mass is 16.2. The molecule has 1 heterocycles. The Balaban J connectivity index is 1.27. The first kappa shape index (κ1) is 21.6. The molecule has 0 unspecified atom stereocenters. The van der Waals surface area contributed by atoms with E-state index in [0.717, 1.165) is 60.3 Å². The average Bonchev–Trinajstić information content (AvgIpc) is 3.78. The zero-order valence-corrected chi connectivity index (χ0v) is 20.1. The van der Waals surface area contributed by atoms with E-state index in [1.807, 2.05) is 6.92 Å². The summed E-state index contributed by atoms with van der Waals surface area (Å²) >= 11 is 0. The van der Waals surface area contributed by atoms with Crippen molar-refractivity contribution in [2.45, 2.75) is 83.3 Å². The van der Waals surface area contributed by atoms with E-state index in [1.54, 1.807) is 0 Å². The highest BCUT2D eigenvalue weighted by Crippen LogP contribution is 2.35. The first-order valence-electron chi connectivity index (χ1n) is 13.1. The van der Waals surface area contributed by atoms with Crippen molar-refractivity contribution < 1.29 is 4.79 Å². The van der Waals surface area contributed by atoms with Crippen molar-refractivity contribution in [3.8, 4) is 11.1 Å². The van der Waals surface area contributed by atoms with Crippen LogP contribution < -0.4 is 5.32 Å². The van der Waals surface area contributed by atoms with Crippen LogP contribution in [0, 0.1) is 12.8 Å². The van der Waals surface area contributed by atoms with E-state index in [1.165, 1.54) is 43.2 Å². The second-order valence-electron chi connectivity index (χ2n) is 10.5. The van der Waals surface area contributed by atoms with Gasteiger partial charge in [0.15, 0.2) is 0 Å². The lowest BCUT2D eigenvalue weighted by molar-refractivity contribution is -0.137. The molecular weight excluding hydrogens is 420 g/mol. The quantitative estimate of drug-likeness (QED) is 0.458. The third-order valence-corrected chi connectivity index (χ3v) is 7.56. The van der Waals surface area contributed by atoms with Crippen LogP contribution in [0.2, 0.25) is 0 Å². The SMILES string of the molecule is Cc1nc(NC2CC2)c2cc(-c3cccc(CN(C(=O)C4CCCCC4)C4CC4)c3)ccc2n1. The Hall–Kier alpha value is -2.95. The van der Waals surface area contributed by atoms with Crippen LogP contribution in [0.1, 0.15) is 69.2 Å². The van der Waals surface area contributed by atoms with Crippen molar-refractivity contribution in [3.05, 3.63) is 53.9 Å². The Kier molecular flexibility index (Phi) is 5.72. The molecule has 3 aliphatic carbocycles. The molecule has 176 valence electrons. The smallest absolute Gasteiger partial charge is 0.226 e. The molecular formula is C29H34N4O. The van der Waals surface area contributed by atoms with E-state index in [9.17, 15) is 4.79 Å². The number of hydrogen-bond acceptors (Lipinski definition) is 4. The molecule has 0 bridgehead atoms. The fourth-order valence-electron chi connectivity index (χ4n) is 5.36. The number of anilines is 1. The minimum Gasteiger partial charge on any atom is -0.367 e. The summed E-state index contributed by atoms with van der Waals surface area (Å²) in [6, 6.07) is 16.2. The molecule has 2 aromatic carbocycles. The second-order valence-corrected chi connectivity index (χ2v) is 10.5. The van der Waals surface area contributed by atoms with Crippen LogP contribution in [0.4, 0.5) is 5.82 Å². The normalized spacial score (nSPS) is 18.7. The number of hydrogen-bond donors (Lipinski definition) is 1. The number of carbonyl (C=O) groups is 1. The number of aryl methyl sites for hydroxylation is 1. The van der Waals surface area contributed by atoms with Crippen LogP contribution in [-0.4, -0.2) is 32.9 Å². The van der Waals surface area contributed by atoms with E-state index >= 15 is 0 Å². The molecule has 1 N–H and O–H groups in total. The first-order chi connectivity index (χ1) is 16.6. The molecule has 5 nitrogen and oxygen atoms in total. The molecule has 0 aliphatic heterocycles. The minimum atomic E-state index is 0.235. The molecule has 3 fully saturated rings. The van der Waals surface area contributed by atoms with E-state index < -0.39 is 0 Å². The van der Waals surface area contributed by atoms with Crippen molar-refractivity contribution >= 4 is 22.6 Å². The van der Waals surface area contributed by atoms with Crippen molar-refractivity contribution in [1.29, 1.82) is 0 Å². The van der Waals surface area contributed by atoms with Crippen LogP contribution >= 0.6 is 0 Å². The van der Waals surface area contributed by atoms with Gasteiger partial charge in [-0.25, -0.2) is 9.97 Å². The maximum Gasteiger partial charge on any atom is 0.226 e. The first-order valence-corrected chi connectivity index (χ1v) is 13.1. The lowest BCUT2D eigenvalue weighted by atomic mass is 9.88. The summed E-state index contributed by atoms with van der Waals surface area (Å²) in [6.07, 6.45) is 10.5. The largest absolute Gasteiger partial charge is 0.367 e. The summed E-state index contributed by atoms with van der Waals surface area (Å²) in [5.41, 5.74) is 4.54. The topological polar surface area (TPSA) is 58.1 Å². The number of rotatable bonds is 7. The van der Waals surface area contributed by atoms with Crippen LogP contribution in [0.25, 0.3) is 22.0 Å². The highest BCUT2D eigenvalue weighted by molar-refractivity contribution is 5.93. The van der Waals surface area contributed by atoms with E-state index in [2.05, 4.69) is 57.7 Å². The molecule has 1 amide bonds. The zero-order valence-electron chi connectivity index (χ0n) is 20.1. The monoisotopic (exact) mass is 454 g/mol. The van der Waals surface area contributed by atoms with Gasteiger partial charge in [-0.3, -0.25) is 4.79 Å². The van der Waals surface area contributed by atoms with Gasteiger partial charge in [-0.2, -0.15) is 0 Å². The molecule has 0 saturated heterocycles. The molecule has 0 spiro atoms. The molecule has 3 aromatic rings. The van der Waals surface area contributed by atoms with Gasteiger partial charge in [-0.05, 0) is 80.3 Å². The third-order valence-electron chi connectivity index (χ3n) is 7.56. The van der Waals surface area contributed by atoms with Crippen molar-refractivity contribution in [2.75, 3.05) is 5.32 Å². The van der Waals surface area contributed by atoms with Gasteiger partial charge in [0.2, 0.25) is 5.91 Å². The summed E-state index contributed by atoms with van der Waals surface area (Å²) in [5.74, 6) is 2.37. The lowest BCUT2D eigenvalue weighted by Crippen LogP contribution is -2.38. The predicted octanol–water partition coefficient (Wildman–Crippen LogP) is 6.25. The Bertz CT molecular complexity index is 1210. The fourth-order valence-corrected chi connectivity index (χ4v) is 5.36. The Morgan fingerprint density at radius 2 is 1.74 bits per heavy atom. The molecule has 34 heavy (non-hydrogen) atoms. The van der Waals surface area contributed by atoms with Crippen LogP contribution in [-0.2, 0) is 11.3 Å². The maximum absolute atomic E-state index is 13.3. The number of fused-ring (bicyclic) bond motifs is 1. The van der Waals surface area contributed by atoms with Crippen LogP contribution in [0.5, 0.6) is 0 Å². The van der Waals surface area contributed by atoms with Crippen molar-refractivity contribution in [1.82, 2.24) is 14.9 Å². The van der Waals surface area contributed by atoms with Gasteiger partial charge < -0.3 is 10.2 Å². The molecule has 0 atom stereocenters. The Morgan fingerprint density at radius 1 is 0.941 bits per heavy atom. The zero-order chi connectivity index (χ0) is 23.1. The molecule has 3 saturated carbocycles. The maximum atomic E-state index is 13.3. The van der Waals surface area contributed by atoms with Gasteiger partial charge in [0.05, 0.1) is 5.52 Å². The minimum absolute atomic E-state index is 0.235. The second kappa shape index (κ2) is 9.01. The van der Waals surface area contributed by atoms with Gasteiger partial charge in [0.1, 0.15) is 11.6 Å². The summed E-state index contributed by atoms with van der Waals surface area (Å²) in [7, 11) is 0. The highest BCUT2D eigenvalue weighted by Gasteiger charge is 2.36. The standard InChI is InChI=1S/C29H34N4O/c1-19-30-27-15-10-23(17-26(27)28(31-19)32-24-11-12-24)22-9-5-6-20(16-22)18-33(25-13-14-25)29(34)21-7-3-2-4-8-21/h5-6,9-10,15-17,21,24-25H,2-4,7-8,11-14,18H2,1H3,(H,30,31,32). The van der Waals surface area contributed by atoms with Crippen LogP contribution in [0.3, 0.4) is 0 Å². The summed E-state index contributed by atoms with van der Waals surface area (Å²) in [5, 5.41) is 4.66. The molecule has 5 heteroatoms. The molecule has 6 rings (SSSR count). The number of benzene rings is 2. The van der Waals surface area contributed by atoms with Gasteiger partial charge >= 0.3 is 0 Å². The predicted molar refractivity (Wildman–Crippen MR) is 137 cm³/mol. The third kappa shape index (κ3) is 4.66. The number of aromatic nitrogens is 2. The molecule has 3 aliphatic rings. The van der Waals surface area contributed by atoms with Gasteiger partial charge in [0, 0.05) is 29.9 Å². The number of amides is 1. The Morgan fingerprint density at radius 3 is 2.50 bits per heavy atom. The lowest BCUT2D eigenvalue weighted by Gasteiger charge is -2.29. The van der Waals surface area contributed by atoms with Gasteiger partial charge in [-0.1, -0.05) is 43.5 Å². The number of nitrogens with zero attached hydrogens (tertiary/aromatic N) is 3. The van der Waals surface area contributed by atoms with E-state index in [-0.39, 0.29) is 5.92 Å². The molecule has 0 radical (unpaired) electrons.